The Morgan fingerprint density at radius 3 is 2.36 bits per heavy atom. The number of fused-ring (bicyclic) bond motifs is 1. The first-order chi connectivity index (χ1) is 6.50. The number of rotatable bonds is 0. The lowest BCUT2D eigenvalue weighted by molar-refractivity contribution is -0.138. The van der Waals surface area contributed by atoms with Crippen molar-refractivity contribution in [2.75, 3.05) is 0 Å². The van der Waals surface area contributed by atoms with Crippen molar-refractivity contribution < 1.29 is 13.2 Å². The predicted octanol–water partition coefficient (Wildman–Crippen LogP) is 3.50. The zero-order valence-electron chi connectivity index (χ0n) is 7.91. The van der Waals surface area contributed by atoms with Crippen LogP contribution in [0.15, 0.2) is 12.1 Å². The van der Waals surface area contributed by atoms with Crippen LogP contribution >= 0.6 is 0 Å². The first-order valence-corrected chi connectivity index (χ1v) is 4.68. The molecule has 1 aliphatic rings. The lowest BCUT2D eigenvalue weighted by Gasteiger charge is -2.13. The minimum absolute atomic E-state index is 0.435. The molecule has 1 aromatic rings. The van der Waals surface area contributed by atoms with Gasteiger partial charge in [-0.1, -0.05) is 6.07 Å². The maximum Gasteiger partial charge on any atom is 0.416 e. The molecule has 0 amide bonds. The van der Waals surface area contributed by atoms with Gasteiger partial charge in [0, 0.05) is 0 Å². The lowest BCUT2D eigenvalue weighted by Crippen LogP contribution is -2.09. The van der Waals surface area contributed by atoms with Gasteiger partial charge in [0.25, 0.3) is 0 Å². The largest absolute Gasteiger partial charge is 0.416 e. The Labute approximate surface area is 80.7 Å². The second kappa shape index (κ2) is 3.01. The Balaban J connectivity index is 2.60. The van der Waals surface area contributed by atoms with Crippen LogP contribution in [0.25, 0.3) is 0 Å². The summed E-state index contributed by atoms with van der Waals surface area (Å²) < 4.78 is 37.7. The molecule has 0 fully saturated rings. The summed E-state index contributed by atoms with van der Waals surface area (Å²) in [5.74, 6) is 0. The van der Waals surface area contributed by atoms with Crippen molar-refractivity contribution in [1.82, 2.24) is 0 Å². The molecule has 0 N–H and O–H groups in total. The highest BCUT2D eigenvalue weighted by molar-refractivity contribution is 5.44. The number of hydrogen-bond donors (Lipinski definition) is 0. The Kier molecular flexibility index (Phi) is 2.05. The zero-order valence-corrected chi connectivity index (χ0v) is 7.91. The van der Waals surface area contributed by atoms with Crippen LogP contribution in [0.4, 0.5) is 13.2 Å². The minimum Gasteiger partial charge on any atom is -0.166 e. The number of alkyl halides is 3. The average Bonchev–Trinajstić information content (AvgIpc) is 2.50. The molecule has 0 nitrogen and oxygen atoms in total. The summed E-state index contributed by atoms with van der Waals surface area (Å²) in [6.45, 7) is 1.88. The SMILES string of the molecule is Cc1ccc(C(F)(F)F)c2c1CCC2. The van der Waals surface area contributed by atoms with Crippen molar-refractivity contribution in [3.05, 3.63) is 34.4 Å². The first-order valence-electron chi connectivity index (χ1n) is 4.68. The van der Waals surface area contributed by atoms with Gasteiger partial charge >= 0.3 is 6.18 Å². The van der Waals surface area contributed by atoms with Gasteiger partial charge < -0.3 is 0 Å². The summed E-state index contributed by atoms with van der Waals surface area (Å²) in [5.41, 5.74) is 2.00. The molecule has 1 aromatic carbocycles. The topological polar surface area (TPSA) is 0 Å². The van der Waals surface area contributed by atoms with Gasteiger partial charge in [-0.2, -0.15) is 13.2 Å². The van der Waals surface area contributed by atoms with Gasteiger partial charge in [0.15, 0.2) is 0 Å². The Morgan fingerprint density at radius 1 is 1.07 bits per heavy atom. The first kappa shape index (κ1) is 9.56. The van der Waals surface area contributed by atoms with Crippen molar-refractivity contribution in [2.45, 2.75) is 32.4 Å². The van der Waals surface area contributed by atoms with Gasteiger partial charge in [-0.25, -0.2) is 0 Å². The van der Waals surface area contributed by atoms with Gasteiger partial charge in [0.1, 0.15) is 0 Å². The number of hydrogen-bond acceptors (Lipinski definition) is 0. The fraction of sp³-hybridized carbons (Fsp3) is 0.455. The molecule has 0 spiro atoms. The van der Waals surface area contributed by atoms with Crippen LogP contribution in [-0.4, -0.2) is 0 Å². The maximum atomic E-state index is 12.6. The molecule has 14 heavy (non-hydrogen) atoms. The van der Waals surface area contributed by atoms with E-state index in [-0.39, 0.29) is 0 Å². The van der Waals surface area contributed by atoms with Crippen LogP contribution in [0, 0.1) is 6.92 Å². The third-order valence-electron chi connectivity index (χ3n) is 2.82. The highest BCUT2D eigenvalue weighted by atomic mass is 19.4. The monoisotopic (exact) mass is 200 g/mol. The quantitative estimate of drug-likeness (QED) is 0.601. The Hall–Kier alpha value is -0.990. The van der Waals surface area contributed by atoms with E-state index in [0.717, 1.165) is 24.0 Å². The van der Waals surface area contributed by atoms with Gasteiger partial charge in [-0.15, -0.1) is 0 Å². The van der Waals surface area contributed by atoms with E-state index in [1.165, 1.54) is 6.07 Å². The second-order valence-corrected chi connectivity index (χ2v) is 3.74. The van der Waals surface area contributed by atoms with Crippen LogP contribution in [0.2, 0.25) is 0 Å². The smallest absolute Gasteiger partial charge is 0.166 e. The van der Waals surface area contributed by atoms with Crippen LogP contribution in [0.1, 0.15) is 28.7 Å². The number of benzene rings is 1. The normalized spacial score (nSPS) is 15.7. The highest BCUT2D eigenvalue weighted by Gasteiger charge is 2.35. The summed E-state index contributed by atoms with van der Waals surface area (Å²) in [7, 11) is 0. The van der Waals surface area contributed by atoms with Gasteiger partial charge in [0.2, 0.25) is 0 Å². The summed E-state index contributed by atoms with van der Waals surface area (Å²) in [5, 5.41) is 0. The second-order valence-electron chi connectivity index (χ2n) is 3.74. The van der Waals surface area contributed by atoms with E-state index in [2.05, 4.69) is 0 Å². The van der Waals surface area contributed by atoms with E-state index in [1.807, 2.05) is 6.92 Å². The molecule has 0 aromatic heterocycles. The molecule has 0 radical (unpaired) electrons. The molecule has 0 aliphatic heterocycles. The van der Waals surface area contributed by atoms with E-state index in [9.17, 15) is 13.2 Å². The highest BCUT2D eigenvalue weighted by Crippen LogP contribution is 2.37. The van der Waals surface area contributed by atoms with E-state index in [0.29, 0.717) is 12.0 Å². The van der Waals surface area contributed by atoms with Gasteiger partial charge in [0.05, 0.1) is 5.56 Å². The molecular formula is C11H11F3. The number of halogens is 3. The van der Waals surface area contributed by atoms with Crippen molar-refractivity contribution in [1.29, 1.82) is 0 Å². The summed E-state index contributed by atoms with van der Waals surface area (Å²) >= 11 is 0. The van der Waals surface area contributed by atoms with E-state index >= 15 is 0 Å². The fourth-order valence-corrected chi connectivity index (χ4v) is 2.15. The summed E-state index contributed by atoms with van der Waals surface area (Å²) in [4.78, 5) is 0. The molecule has 0 saturated heterocycles. The van der Waals surface area contributed by atoms with Crippen molar-refractivity contribution in [2.24, 2.45) is 0 Å². The van der Waals surface area contributed by atoms with Gasteiger partial charge in [-0.05, 0) is 48.9 Å². The molecule has 0 heterocycles. The van der Waals surface area contributed by atoms with E-state index in [4.69, 9.17) is 0 Å². The van der Waals surface area contributed by atoms with Crippen LogP contribution in [0.5, 0.6) is 0 Å². The summed E-state index contributed by atoms with van der Waals surface area (Å²) in [6.07, 6.45) is -1.97. The Bertz CT molecular complexity index is 364. The molecule has 0 unspecified atom stereocenters. The van der Waals surface area contributed by atoms with E-state index in [1.54, 1.807) is 6.07 Å². The molecule has 1 aliphatic carbocycles. The van der Waals surface area contributed by atoms with Gasteiger partial charge in [-0.3, -0.25) is 0 Å². The predicted molar refractivity (Wildman–Crippen MR) is 48.2 cm³/mol. The Morgan fingerprint density at radius 2 is 1.71 bits per heavy atom. The van der Waals surface area contributed by atoms with Crippen molar-refractivity contribution in [3.8, 4) is 0 Å². The molecular weight excluding hydrogens is 189 g/mol. The zero-order chi connectivity index (χ0) is 10.3. The maximum absolute atomic E-state index is 12.6. The van der Waals surface area contributed by atoms with Crippen LogP contribution < -0.4 is 0 Å². The molecule has 3 heteroatoms. The van der Waals surface area contributed by atoms with Crippen LogP contribution in [-0.2, 0) is 19.0 Å². The third kappa shape index (κ3) is 1.41. The molecule has 76 valence electrons. The average molecular weight is 200 g/mol. The molecule has 2 rings (SSSR count). The minimum atomic E-state index is -4.19. The molecule has 0 saturated carbocycles. The number of aryl methyl sites for hydroxylation is 1. The molecule has 0 atom stereocenters. The van der Waals surface area contributed by atoms with Crippen LogP contribution in [0.3, 0.4) is 0 Å². The van der Waals surface area contributed by atoms with E-state index < -0.39 is 11.7 Å². The fourth-order valence-electron chi connectivity index (χ4n) is 2.15. The molecule has 0 bridgehead atoms. The third-order valence-corrected chi connectivity index (χ3v) is 2.82. The lowest BCUT2D eigenvalue weighted by atomic mass is 9.99. The van der Waals surface area contributed by atoms with Crippen molar-refractivity contribution in [3.63, 3.8) is 0 Å². The standard InChI is InChI=1S/C11H11F3/c1-7-5-6-10(11(12,13)14)9-4-2-3-8(7)9/h5-6H,2-4H2,1H3. The summed E-state index contributed by atoms with van der Waals surface area (Å²) in [6, 6.07) is 2.78. The van der Waals surface area contributed by atoms with Crippen molar-refractivity contribution >= 4 is 0 Å².